The van der Waals surface area contributed by atoms with Crippen LogP contribution < -0.4 is 10.2 Å². The second kappa shape index (κ2) is 9.22. The average Bonchev–Trinajstić information content (AvgIpc) is 2.71. The molecule has 6 nitrogen and oxygen atoms in total. The van der Waals surface area contributed by atoms with Crippen molar-refractivity contribution < 1.29 is 9.59 Å². The molecule has 2 fully saturated rings. The SMILES string of the molecule is CNC(=O)[C@H]1CCCCN1C(=O)CCN1CCN(c2cccc(C)c2)CC1. The van der Waals surface area contributed by atoms with Gasteiger partial charge in [-0.3, -0.25) is 14.5 Å². The van der Waals surface area contributed by atoms with E-state index in [4.69, 9.17) is 0 Å². The zero-order valence-corrected chi connectivity index (χ0v) is 16.6. The van der Waals surface area contributed by atoms with Gasteiger partial charge in [-0.05, 0) is 43.9 Å². The second-order valence-corrected chi connectivity index (χ2v) is 7.63. The summed E-state index contributed by atoms with van der Waals surface area (Å²) in [4.78, 5) is 31.3. The standard InChI is InChI=1S/C21H32N4O2/c1-17-6-5-7-18(16-17)24-14-12-23(13-15-24)11-9-20(26)25-10-4-3-8-19(25)21(27)22-2/h5-7,16,19H,3-4,8-15H2,1-2H3,(H,22,27)/t19-/m1/s1. The quantitative estimate of drug-likeness (QED) is 0.854. The van der Waals surface area contributed by atoms with E-state index in [-0.39, 0.29) is 17.9 Å². The molecule has 0 radical (unpaired) electrons. The lowest BCUT2D eigenvalue weighted by Gasteiger charge is -2.37. The fourth-order valence-electron chi connectivity index (χ4n) is 4.12. The molecule has 2 saturated heterocycles. The summed E-state index contributed by atoms with van der Waals surface area (Å²) in [6.45, 7) is 7.53. The number of benzene rings is 1. The Balaban J connectivity index is 1.46. The number of nitrogens with one attached hydrogen (secondary N) is 1. The number of anilines is 1. The van der Waals surface area contributed by atoms with Crippen molar-refractivity contribution in [3.05, 3.63) is 29.8 Å². The summed E-state index contributed by atoms with van der Waals surface area (Å²) < 4.78 is 0. The molecule has 2 aliphatic rings. The molecule has 0 spiro atoms. The molecule has 0 unspecified atom stereocenters. The summed E-state index contributed by atoms with van der Waals surface area (Å²) >= 11 is 0. The monoisotopic (exact) mass is 372 g/mol. The lowest BCUT2D eigenvalue weighted by atomic mass is 10.0. The second-order valence-electron chi connectivity index (χ2n) is 7.63. The maximum Gasteiger partial charge on any atom is 0.242 e. The minimum atomic E-state index is -0.283. The first-order valence-electron chi connectivity index (χ1n) is 10.1. The smallest absolute Gasteiger partial charge is 0.242 e. The summed E-state index contributed by atoms with van der Waals surface area (Å²) in [6, 6.07) is 8.35. The average molecular weight is 373 g/mol. The number of likely N-dealkylation sites (tertiary alicyclic amines) is 1. The van der Waals surface area contributed by atoms with Crippen LogP contribution in [0.15, 0.2) is 24.3 Å². The summed E-state index contributed by atoms with van der Waals surface area (Å²) in [5.41, 5.74) is 2.57. The van der Waals surface area contributed by atoms with Crippen molar-refractivity contribution in [3.63, 3.8) is 0 Å². The number of rotatable bonds is 5. The highest BCUT2D eigenvalue weighted by atomic mass is 16.2. The topological polar surface area (TPSA) is 55.9 Å². The highest BCUT2D eigenvalue weighted by Crippen LogP contribution is 2.20. The number of carbonyl (C=O) groups is 2. The highest BCUT2D eigenvalue weighted by Gasteiger charge is 2.31. The molecule has 1 aromatic carbocycles. The van der Waals surface area contributed by atoms with Gasteiger partial charge in [-0.15, -0.1) is 0 Å². The summed E-state index contributed by atoms with van der Waals surface area (Å²) in [5, 5.41) is 2.70. The third-order valence-corrected chi connectivity index (χ3v) is 5.75. The van der Waals surface area contributed by atoms with Gasteiger partial charge in [0.25, 0.3) is 0 Å². The van der Waals surface area contributed by atoms with Crippen LogP contribution in [0.3, 0.4) is 0 Å². The van der Waals surface area contributed by atoms with Crippen molar-refractivity contribution in [1.29, 1.82) is 0 Å². The van der Waals surface area contributed by atoms with Crippen molar-refractivity contribution in [2.24, 2.45) is 0 Å². The Hall–Kier alpha value is -2.08. The zero-order valence-electron chi connectivity index (χ0n) is 16.6. The first kappa shape index (κ1) is 19.7. The van der Waals surface area contributed by atoms with Crippen LogP contribution in [0.1, 0.15) is 31.2 Å². The Morgan fingerprint density at radius 3 is 2.59 bits per heavy atom. The molecule has 0 aliphatic carbocycles. The van der Waals surface area contributed by atoms with Crippen LogP contribution in [0.5, 0.6) is 0 Å². The van der Waals surface area contributed by atoms with Crippen molar-refractivity contribution in [1.82, 2.24) is 15.1 Å². The number of carbonyl (C=O) groups excluding carboxylic acids is 2. The molecule has 1 N–H and O–H groups in total. The van der Waals surface area contributed by atoms with Gasteiger partial charge in [-0.2, -0.15) is 0 Å². The van der Waals surface area contributed by atoms with Crippen LogP contribution in [0.4, 0.5) is 5.69 Å². The van der Waals surface area contributed by atoms with E-state index in [0.29, 0.717) is 13.0 Å². The molecule has 1 aromatic rings. The van der Waals surface area contributed by atoms with Crippen LogP contribution >= 0.6 is 0 Å². The number of aryl methyl sites for hydroxylation is 1. The molecule has 27 heavy (non-hydrogen) atoms. The minimum Gasteiger partial charge on any atom is -0.369 e. The molecule has 1 atom stereocenters. The van der Waals surface area contributed by atoms with Crippen molar-refractivity contribution in [3.8, 4) is 0 Å². The first-order valence-corrected chi connectivity index (χ1v) is 10.1. The van der Waals surface area contributed by atoms with Gasteiger partial charge in [-0.1, -0.05) is 12.1 Å². The fourth-order valence-corrected chi connectivity index (χ4v) is 4.12. The van der Waals surface area contributed by atoms with Gasteiger partial charge in [0.05, 0.1) is 0 Å². The van der Waals surface area contributed by atoms with E-state index in [2.05, 4.69) is 46.3 Å². The molecule has 2 heterocycles. The van der Waals surface area contributed by atoms with E-state index >= 15 is 0 Å². The molecule has 6 heteroatoms. The Labute approximate surface area is 162 Å². The van der Waals surface area contributed by atoms with E-state index in [1.165, 1.54) is 11.3 Å². The van der Waals surface area contributed by atoms with E-state index in [1.54, 1.807) is 11.9 Å². The van der Waals surface area contributed by atoms with Gasteiger partial charge in [-0.25, -0.2) is 0 Å². The van der Waals surface area contributed by atoms with Gasteiger partial charge in [0.15, 0.2) is 0 Å². The van der Waals surface area contributed by atoms with E-state index in [1.807, 2.05) is 0 Å². The highest BCUT2D eigenvalue weighted by molar-refractivity contribution is 5.87. The third kappa shape index (κ3) is 5.01. The Kier molecular flexibility index (Phi) is 6.72. The van der Waals surface area contributed by atoms with Gasteiger partial charge in [0, 0.05) is 58.4 Å². The van der Waals surface area contributed by atoms with Gasteiger partial charge >= 0.3 is 0 Å². The lowest BCUT2D eigenvalue weighted by Crippen LogP contribution is -2.52. The van der Waals surface area contributed by atoms with Crippen molar-refractivity contribution in [2.45, 2.75) is 38.6 Å². The number of nitrogens with zero attached hydrogens (tertiary/aromatic N) is 3. The maximum absolute atomic E-state index is 12.7. The van der Waals surface area contributed by atoms with Crippen molar-refractivity contribution in [2.75, 3.05) is 51.2 Å². The zero-order chi connectivity index (χ0) is 19.2. The summed E-state index contributed by atoms with van der Waals surface area (Å²) in [5.74, 6) is 0.0826. The normalized spacial score (nSPS) is 21.2. The largest absolute Gasteiger partial charge is 0.369 e. The molecule has 148 valence electrons. The molecule has 2 amide bonds. The van der Waals surface area contributed by atoms with E-state index < -0.39 is 0 Å². The third-order valence-electron chi connectivity index (χ3n) is 5.75. The number of hydrogen-bond acceptors (Lipinski definition) is 4. The van der Waals surface area contributed by atoms with Gasteiger partial charge in [0.1, 0.15) is 6.04 Å². The number of piperidine rings is 1. The number of piperazine rings is 1. The summed E-state index contributed by atoms with van der Waals surface area (Å²) in [7, 11) is 1.65. The molecule has 2 aliphatic heterocycles. The minimum absolute atomic E-state index is 0.0326. The van der Waals surface area contributed by atoms with E-state index in [0.717, 1.165) is 52.0 Å². The van der Waals surface area contributed by atoms with Gasteiger partial charge < -0.3 is 15.1 Å². The maximum atomic E-state index is 12.7. The summed E-state index contributed by atoms with van der Waals surface area (Å²) in [6.07, 6.45) is 3.29. The van der Waals surface area contributed by atoms with Crippen LogP contribution in [-0.4, -0.2) is 74.0 Å². The Morgan fingerprint density at radius 1 is 1.11 bits per heavy atom. The lowest BCUT2D eigenvalue weighted by molar-refractivity contribution is -0.142. The molecule has 0 aromatic heterocycles. The molecule has 0 bridgehead atoms. The number of likely N-dealkylation sites (N-methyl/N-ethyl adjacent to an activating group) is 1. The van der Waals surface area contributed by atoms with E-state index in [9.17, 15) is 9.59 Å². The molecular weight excluding hydrogens is 340 g/mol. The number of hydrogen-bond donors (Lipinski definition) is 1. The number of amides is 2. The Bertz CT molecular complexity index is 655. The van der Waals surface area contributed by atoms with Crippen LogP contribution in [-0.2, 0) is 9.59 Å². The molecular formula is C21H32N4O2. The van der Waals surface area contributed by atoms with Crippen molar-refractivity contribution >= 4 is 17.5 Å². The predicted molar refractivity (Wildman–Crippen MR) is 108 cm³/mol. The fraction of sp³-hybridized carbons (Fsp3) is 0.619. The first-order chi connectivity index (χ1) is 13.1. The molecule has 0 saturated carbocycles. The van der Waals surface area contributed by atoms with Crippen LogP contribution in [0.25, 0.3) is 0 Å². The van der Waals surface area contributed by atoms with Crippen LogP contribution in [0.2, 0.25) is 0 Å². The molecule has 3 rings (SSSR count). The Morgan fingerprint density at radius 2 is 1.89 bits per heavy atom. The van der Waals surface area contributed by atoms with Gasteiger partial charge in [0.2, 0.25) is 11.8 Å². The van der Waals surface area contributed by atoms with Crippen LogP contribution in [0, 0.1) is 6.92 Å². The predicted octanol–water partition coefficient (Wildman–Crippen LogP) is 1.63.